The molecule has 1 fully saturated rings. The highest BCUT2D eigenvalue weighted by Crippen LogP contribution is 2.20. The van der Waals surface area contributed by atoms with E-state index in [4.69, 9.17) is 4.42 Å². The number of nitrogens with one attached hydrogen (secondary N) is 1. The highest BCUT2D eigenvalue weighted by molar-refractivity contribution is 5.78. The fourth-order valence-electron chi connectivity index (χ4n) is 2.09. The van der Waals surface area contributed by atoms with E-state index in [1.54, 1.807) is 0 Å². The van der Waals surface area contributed by atoms with E-state index in [1.165, 1.54) is 0 Å². The van der Waals surface area contributed by atoms with E-state index in [9.17, 15) is 4.79 Å². The predicted octanol–water partition coefficient (Wildman–Crippen LogP) is 1.37. The summed E-state index contributed by atoms with van der Waals surface area (Å²) in [6, 6.07) is 3.90. The molecule has 2 rings (SSSR count). The molecule has 0 spiro atoms. The minimum absolute atomic E-state index is 0.235. The van der Waals surface area contributed by atoms with E-state index in [-0.39, 0.29) is 5.91 Å². The molecule has 1 unspecified atom stereocenters. The third kappa shape index (κ3) is 2.44. The normalized spacial score (nSPS) is 20.8. The zero-order valence-corrected chi connectivity index (χ0v) is 9.82. The zero-order chi connectivity index (χ0) is 11.5. The smallest absolute Gasteiger partial charge is 0.223 e. The molecule has 4 heteroatoms. The molecule has 1 aliphatic rings. The van der Waals surface area contributed by atoms with Crippen molar-refractivity contribution in [2.24, 2.45) is 5.92 Å². The van der Waals surface area contributed by atoms with E-state index < -0.39 is 0 Å². The van der Waals surface area contributed by atoms with Crippen LogP contribution < -0.4 is 5.32 Å². The van der Waals surface area contributed by atoms with Crippen molar-refractivity contribution in [2.75, 3.05) is 13.6 Å². The first-order chi connectivity index (χ1) is 7.69. The minimum Gasteiger partial charge on any atom is -0.463 e. The van der Waals surface area contributed by atoms with Gasteiger partial charge in [-0.1, -0.05) is 6.92 Å². The summed E-state index contributed by atoms with van der Waals surface area (Å²) in [4.78, 5) is 13.5. The Kier molecular flexibility index (Phi) is 3.29. The summed E-state index contributed by atoms with van der Waals surface area (Å²) in [6.45, 7) is 4.28. The van der Waals surface area contributed by atoms with E-state index in [0.29, 0.717) is 18.9 Å². The van der Waals surface area contributed by atoms with Gasteiger partial charge in [-0.15, -0.1) is 0 Å². The molecule has 1 saturated heterocycles. The Morgan fingerprint density at radius 3 is 2.88 bits per heavy atom. The van der Waals surface area contributed by atoms with Gasteiger partial charge in [-0.25, -0.2) is 0 Å². The van der Waals surface area contributed by atoms with Crippen molar-refractivity contribution < 1.29 is 9.21 Å². The summed E-state index contributed by atoms with van der Waals surface area (Å²) in [5, 5.41) is 3.03. The lowest BCUT2D eigenvalue weighted by Crippen LogP contribution is -2.24. The van der Waals surface area contributed by atoms with Crippen molar-refractivity contribution in [1.82, 2.24) is 10.2 Å². The molecule has 1 atom stereocenters. The van der Waals surface area contributed by atoms with E-state index >= 15 is 0 Å². The predicted molar refractivity (Wildman–Crippen MR) is 60.7 cm³/mol. The van der Waals surface area contributed by atoms with Gasteiger partial charge in [-0.05, 0) is 25.1 Å². The van der Waals surface area contributed by atoms with Crippen molar-refractivity contribution in [3.05, 3.63) is 23.7 Å². The summed E-state index contributed by atoms with van der Waals surface area (Å²) >= 11 is 0. The highest BCUT2D eigenvalue weighted by atomic mass is 16.3. The van der Waals surface area contributed by atoms with Crippen LogP contribution in [-0.4, -0.2) is 24.4 Å². The molecule has 1 N–H and O–H groups in total. The van der Waals surface area contributed by atoms with Crippen molar-refractivity contribution >= 4 is 5.91 Å². The number of likely N-dealkylation sites (tertiary alicyclic amines) is 1. The highest BCUT2D eigenvalue weighted by Gasteiger charge is 2.26. The van der Waals surface area contributed by atoms with Crippen LogP contribution in [0.25, 0.3) is 0 Å². The molecule has 0 saturated carbocycles. The first-order valence-electron chi connectivity index (χ1n) is 5.69. The molecule has 16 heavy (non-hydrogen) atoms. The third-order valence-electron chi connectivity index (χ3n) is 2.82. The van der Waals surface area contributed by atoms with Crippen molar-refractivity contribution in [1.29, 1.82) is 0 Å². The summed E-state index contributed by atoms with van der Waals surface area (Å²) in [7, 11) is 1.88. The van der Waals surface area contributed by atoms with Gasteiger partial charge < -0.3 is 14.6 Å². The quantitative estimate of drug-likeness (QED) is 0.836. The molecule has 4 nitrogen and oxygen atoms in total. The van der Waals surface area contributed by atoms with Gasteiger partial charge in [-0.2, -0.15) is 0 Å². The molecule has 0 radical (unpaired) electrons. The lowest BCUT2D eigenvalue weighted by Gasteiger charge is -2.13. The Labute approximate surface area is 95.6 Å². The van der Waals surface area contributed by atoms with Crippen molar-refractivity contribution in [3.8, 4) is 0 Å². The van der Waals surface area contributed by atoms with Gasteiger partial charge in [0.15, 0.2) is 0 Å². The van der Waals surface area contributed by atoms with Gasteiger partial charge >= 0.3 is 0 Å². The van der Waals surface area contributed by atoms with Gasteiger partial charge in [0.25, 0.3) is 0 Å². The maximum atomic E-state index is 11.6. The van der Waals surface area contributed by atoms with Gasteiger partial charge in [0.1, 0.15) is 11.5 Å². The van der Waals surface area contributed by atoms with Crippen LogP contribution in [0.3, 0.4) is 0 Å². The second-order valence-corrected chi connectivity index (χ2v) is 4.48. The van der Waals surface area contributed by atoms with E-state index in [2.05, 4.69) is 12.2 Å². The average molecular weight is 222 g/mol. The van der Waals surface area contributed by atoms with Gasteiger partial charge in [0, 0.05) is 13.0 Å². The van der Waals surface area contributed by atoms with Gasteiger partial charge in [0.05, 0.1) is 13.1 Å². The average Bonchev–Trinajstić information content (AvgIpc) is 2.76. The van der Waals surface area contributed by atoms with Crippen LogP contribution in [0.5, 0.6) is 0 Å². The van der Waals surface area contributed by atoms with Gasteiger partial charge in [-0.3, -0.25) is 4.79 Å². The van der Waals surface area contributed by atoms with Gasteiger partial charge in [0.2, 0.25) is 5.91 Å². The monoisotopic (exact) mass is 222 g/mol. The molecule has 0 aliphatic carbocycles. The van der Waals surface area contributed by atoms with Crippen LogP contribution in [0.1, 0.15) is 24.9 Å². The SMILES string of the molecule is CNCc1ccc(CN2CC(C)CC2=O)o1. The molecule has 2 heterocycles. The van der Waals surface area contributed by atoms with Crippen LogP contribution in [-0.2, 0) is 17.9 Å². The minimum atomic E-state index is 0.235. The third-order valence-corrected chi connectivity index (χ3v) is 2.82. The molecule has 1 aliphatic heterocycles. The maximum absolute atomic E-state index is 11.6. The summed E-state index contributed by atoms with van der Waals surface area (Å²) in [5.41, 5.74) is 0. The number of furan rings is 1. The first kappa shape index (κ1) is 11.2. The molecular formula is C12H18N2O2. The molecular weight excluding hydrogens is 204 g/mol. The summed E-state index contributed by atoms with van der Waals surface area (Å²) < 4.78 is 5.61. The molecule has 1 amide bonds. The lowest BCUT2D eigenvalue weighted by molar-refractivity contribution is -0.128. The first-order valence-corrected chi connectivity index (χ1v) is 5.69. The van der Waals surface area contributed by atoms with Crippen LogP contribution in [0.15, 0.2) is 16.5 Å². The Balaban J connectivity index is 1.95. The Morgan fingerprint density at radius 1 is 1.50 bits per heavy atom. The lowest BCUT2D eigenvalue weighted by atomic mass is 10.2. The Morgan fingerprint density at radius 2 is 2.25 bits per heavy atom. The van der Waals surface area contributed by atoms with E-state index in [1.807, 2.05) is 24.1 Å². The van der Waals surface area contributed by atoms with Crippen molar-refractivity contribution in [3.63, 3.8) is 0 Å². The standard InChI is InChI=1S/C12H18N2O2/c1-9-5-12(15)14(7-9)8-11-4-3-10(16-11)6-13-2/h3-4,9,13H,5-8H2,1-2H3. The number of carbonyl (C=O) groups is 1. The Hall–Kier alpha value is -1.29. The van der Waals surface area contributed by atoms with Crippen molar-refractivity contribution in [2.45, 2.75) is 26.4 Å². The zero-order valence-electron chi connectivity index (χ0n) is 9.82. The largest absolute Gasteiger partial charge is 0.463 e. The van der Waals surface area contributed by atoms with E-state index in [0.717, 1.165) is 24.6 Å². The molecule has 1 aromatic heterocycles. The topological polar surface area (TPSA) is 45.5 Å². The van der Waals surface area contributed by atoms with Crippen LogP contribution in [0, 0.1) is 5.92 Å². The number of carbonyl (C=O) groups excluding carboxylic acids is 1. The van der Waals surface area contributed by atoms with Crippen LogP contribution in [0.2, 0.25) is 0 Å². The number of hydrogen-bond donors (Lipinski definition) is 1. The molecule has 88 valence electrons. The maximum Gasteiger partial charge on any atom is 0.223 e. The second kappa shape index (κ2) is 4.70. The number of amides is 1. The fraction of sp³-hybridized carbons (Fsp3) is 0.583. The second-order valence-electron chi connectivity index (χ2n) is 4.48. The summed E-state index contributed by atoms with van der Waals surface area (Å²) in [5.74, 6) is 2.49. The number of nitrogens with zero attached hydrogens (tertiary/aromatic N) is 1. The molecule has 1 aromatic rings. The Bertz CT molecular complexity index is 373. The number of hydrogen-bond acceptors (Lipinski definition) is 3. The van der Waals surface area contributed by atoms with Crippen LogP contribution >= 0.6 is 0 Å². The van der Waals surface area contributed by atoms with Crippen LogP contribution in [0.4, 0.5) is 0 Å². The molecule has 0 aromatic carbocycles. The molecule has 0 bridgehead atoms. The fourth-order valence-corrected chi connectivity index (χ4v) is 2.09. The number of rotatable bonds is 4. The summed E-state index contributed by atoms with van der Waals surface area (Å²) in [6.07, 6.45) is 0.671.